The maximum absolute atomic E-state index is 12.3. The van der Waals surface area contributed by atoms with Gasteiger partial charge in [-0.15, -0.1) is 0 Å². The molecule has 1 rings (SSSR count). The first-order valence-corrected chi connectivity index (χ1v) is 4.11. The van der Waals surface area contributed by atoms with Crippen LogP contribution in [-0.4, -0.2) is 9.78 Å². The van der Waals surface area contributed by atoms with E-state index in [9.17, 15) is 18.0 Å². The van der Waals surface area contributed by atoms with Crippen molar-refractivity contribution in [3.05, 3.63) is 21.6 Å². The highest BCUT2D eigenvalue weighted by molar-refractivity contribution is 5.18. The molecule has 0 radical (unpaired) electrons. The number of rotatable bonds is 2. The Morgan fingerprint density at radius 3 is 2.53 bits per heavy atom. The molecule has 1 aromatic rings. The Morgan fingerprint density at radius 2 is 2.13 bits per heavy atom. The highest BCUT2D eigenvalue weighted by Gasteiger charge is 2.36. The first kappa shape index (κ1) is 11.4. The number of halogens is 3. The number of hydrogen-bond acceptors (Lipinski definition) is 2. The van der Waals surface area contributed by atoms with Crippen LogP contribution in [0.1, 0.15) is 17.7 Å². The smallest absolute Gasteiger partial charge is 0.291 e. The molecule has 4 nitrogen and oxygen atoms in total. The van der Waals surface area contributed by atoms with Crippen molar-refractivity contribution in [2.75, 3.05) is 0 Å². The van der Waals surface area contributed by atoms with E-state index in [0.717, 1.165) is 11.6 Å². The van der Waals surface area contributed by atoms with Crippen molar-refractivity contribution in [3.63, 3.8) is 0 Å². The van der Waals surface area contributed by atoms with E-state index in [1.54, 1.807) is 6.07 Å². The summed E-state index contributed by atoms with van der Waals surface area (Å²) in [5, 5.41) is 10.2. The van der Waals surface area contributed by atoms with Gasteiger partial charge in [-0.3, -0.25) is 14.6 Å². The van der Waals surface area contributed by atoms with Crippen LogP contribution in [0, 0.1) is 18.3 Å². The van der Waals surface area contributed by atoms with Crippen LogP contribution < -0.4 is 5.56 Å². The monoisotopic (exact) mass is 219 g/mol. The molecule has 0 aliphatic carbocycles. The molecule has 82 valence electrons. The summed E-state index contributed by atoms with van der Waals surface area (Å²) < 4.78 is 37.7. The molecule has 0 fully saturated rings. The normalized spacial score (nSPS) is 11.4. The van der Waals surface area contributed by atoms with Crippen LogP contribution in [0.5, 0.6) is 0 Å². The lowest BCUT2D eigenvalue weighted by molar-refractivity contribution is -0.141. The Labute approximate surface area is 82.9 Å². The van der Waals surface area contributed by atoms with Gasteiger partial charge in [-0.1, -0.05) is 0 Å². The molecular weight excluding hydrogens is 211 g/mol. The fraction of sp³-hybridized carbons (Fsp3) is 0.500. The molecule has 0 saturated carbocycles. The molecule has 0 aromatic carbocycles. The maximum Gasteiger partial charge on any atom is 0.433 e. The molecule has 0 aliphatic rings. The summed E-state index contributed by atoms with van der Waals surface area (Å²) in [7, 11) is 0. The highest BCUT2D eigenvalue weighted by Crippen LogP contribution is 2.28. The molecule has 15 heavy (non-hydrogen) atoms. The number of aromatic nitrogens is 2. The zero-order valence-corrected chi connectivity index (χ0v) is 7.85. The van der Waals surface area contributed by atoms with Gasteiger partial charge in [0.05, 0.1) is 19.0 Å². The standard InChI is InChI=1S/C8H8F3N3O/c1-5-6(8(9,10)11)13-14(7(5)15)4-2-3-12/h13H,2,4H2,1H3. The average Bonchev–Trinajstić information content (AvgIpc) is 2.41. The Balaban J connectivity index is 3.15. The largest absolute Gasteiger partial charge is 0.433 e. The molecule has 0 saturated heterocycles. The molecule has 1 N–H and O–H groups in total. The molecule has 1 heterocycles. The van der Waals surface area contributed by atoms with Crippen molar-refractivity contribution in [1.82, 2.24) is 9.78 Å². The van der Waals surface area contributed by atoms with E-state index in [-0.39, 0.29) is 18.5 Å². The van der Waals surface area contributed by atoms with E-state index in [0.29, 0.717) is 0 Å². The van der Waals surface area contributed by atoms with Gasteiger partial charge in [-0.25, -0.2) is 0 Å². The molecule has 0 aliphatic heterocycles. The number of aryl methyl sites for hydroxylation is 1. The summed E-state index contributed by atoms with van der Waals surface area (Å²) in [5.41, 5.74) is -2.16. The Morgan fingerprint density at radius 1 is 1.53 bits per heavy atom. The second-order valence-electron chi connectivity index (χ2n) is 2.97. The topological polar surface area (TPSA) is 61.6 Å². The predicted octanol–water partition coefficient (Wildman–Crippen LogP) is 1.42. The Kier molecular flexibility index (Phi) is 2.88. The van der Waals surface area contributed by atoms with E-state index in [1.807, 2.05) is 5.10 Å². The lowest BCUT2D eigenvalue weighted by Gasteiger charge is -2.03. The fourth-order valence-corrected chi connectivity index (χ4v) is 1.17. The third kappa shape index (κ3) is 2.21. The molecule has 0 amide bonds. The van der Waals surface area contributed by atoms with E-state index < -0.39 is 17.4 Å². The summed E-state index contributed by atoms with van der Waals surface area (Å²) in [6.45, 7) is 1.04. The molecule has 1 aromatic heterocycles. The maximum atomic E-state index is 12.3. The van der Waals surface area contributed by atoms with Gasteiger partial charge in [-0.05, 0) is 6.92 Å². The third-order valence-corrected chi connectivity index (χ3v) is 1.92. The number of H-pyrrole nitrogens is 1. The summed E-state index contributed by atoms with van der Waals surface area (Å²) in [4.78, 5) is 11.3. The van der Waals surface area contributed by atoms with Crippen molar-refractivity contribution in [2.45, 2.75) is 26.1 Å². The first-order chi connectivity index (χ1) is 6.88. The predicted molar refractivity (Wildman–Crippen MR) is 45.0 cm³/mol. The number of hydrogen-bond donors (Lipinski definition) is 1. The lowest BCUT2D eigenvalue weighted by Crippen LogP contribution is -2.17. The average molecular weight is 219 g/mol. The summed E-state index contributed by atoms with van der Waals surface area (Å²) in [5.74, 6) is 0. The summed E-state index contributed by atoms with van der Waals surface area (Å²) in [6.07, 6.45) is -4.59. The number of alkyl halides is 3. The lowest BCUT2D eigenvalue weighted by atomic mass is 10.3. The Bertz CT molecular complexity index is 449. The van der Waals surface area contributed by atoms with Crippen LogP contribution in [0.25, 0.3) is 0 Å². The molecule has 0 bridgehead atoms. The minimum atomic E-state index is -4.57. The zero-order chi connectivity index (χ0) is 11.6. The van der Waals surface area contributed by atoms with E-state index in [2.05, 4.69) is 0 Å². The molecule has 0 unspecified atom stereocenters. The molecule has 0 spiro atoms. The van der Waals surface area contributed by atoms with E-state index >= 15 is 0 Å². The van der Waals surface area contributed by atoms with Crippen molar-refractivity contribution < 1.29 is 13.2 Å². The third-order valence-electron chi connectivity index (χ3n) is 1.92. The quantitative estimate of drug-likeness (QED) is 0.817. The summed E-state index contributed by atoms with van der Waals surface area (Å²) >= 11 is 0. The van der Waals surface area contributed by atoms with Crippen LogP contribution >= 0.6 is 0 Å². The second-order valence-corrected chi connectivity index (χ2v) is 2.97. The molecule has 7 heteroatoms. The van der Waals surface area contributed by atoms with Crippen LogP contribution in [0.15, 0.2) is 4.79 Å². The first-order valence-electron chi connectivity index (χ1n) is 4.11. The number of nitriles is 1. The number of aromatic amines is 1. The number of nitrogens with zero attached hydrogens (tertiary/aromatic N) is 2. The van der Waals surface area contributed by atoms with Crippen molar-refractivity contribution in [1.29, 1.82) is 5.26 Å². The van der Waals surface area contributed by atoms with Gasteiger partial charge in [0, 0.05) is 5.56 Å². The van der Waals surface area contributed by atoms with Crippen LogP contribution in [0.3, 0.4) is 0 Å². The fourth-order valence-electron chi connectivity index (χ4n) is 1.17. The Hall–Kier alpha value is -1.71. The molecular formula is C8H8F3N3O. The van der Waals surface area contributed by atoms with Crippen LogP contribution in [-0.2, 0) is 12.7 Å². The minimum Gasteiger partial charge on any atom is -0.291 e. The second kappa shape index (κ2) is 3.81. The zero-order valence-electron chi connectivity index (χ0n) is 7.85. The number of nitrogens with one attached hydrogen (secondary N) is 1. The van der Waals surface area contributed by atoms with Crippen molar-refractivity contribution in [3.8, 4) is 6.07 Å². The van der Waals surface area contributed by atoms with Gasteiger partial charge >= 0.3 is 6.18 Å². The summed E-state index contributed by atoms with van der Waals surface area (Å²) in [6, 6.07) is 1.75. The van der Waals surface area contributed by atoms with Gasteiger partial charge in [0.1, 0.15) is 5.69 Å². The van der Waals surface area contributed by atoms with Gasteiger partial charge in [0.2, 0.25) is 0 Å². The van der Waals surface area contributed by atoms with E-state index in [4.69, 9.17) is 5.26 Å². The minimum absolute atomic E-state index is 0.0167. The highest BCUT2D eigenvalue weighted by atomic mass is 19.4. The molecule has 0 atom stereocenters. The van der Waals surface area contributed by atoms with Crippen molar-refractivity contribution >= 4 is 0 Å². The van der Waals surface area contributed by atoms with Gasteiger partial charge < -0.3 is 0 Å². The van der Waals surface area contributed by atoms with Crippen LogP contribution in [0.2, 0.25) is 0 Å². The van der Waals surface area contributed by atoms with Gasteiger partial charge in [0.15, 0.2) is 0 Å². The van der Waals surface area contributed by atoms with Crippen molar-refractivity contribution in [2.24, 2.45) is 0 Å². The van der Waals surface area contributed by atoms with E-state index in [1.165, 1.54) is 0 Å². The SMILES string of the molecule is Cc1c(C(F)(F)F)[nH]n(CCC#N)c1=O. The van der Waals surface area contributed by atoms with Crippen LogP contribution in [0.4, 0.5) is 13.2 Å². The van der Waals surface area contributed by atoms with Gasteiger partial charge in [0.25, 0.3) is 5.56 Å². The van der Waals surface area contributed by atoms with Gasteiger partial charge in [-0.2, -0.15) is 18.4 Å².